The van der Waals surface area contributed by atoms with Crippen molar-refractivity contribution in [3.8, 4) is 0 Å². The molecule has 0 aliphatic carbocycles. The van der Waals surface area contributed by atoms with E-state index in [1.165, 1.54) is 0 Å². The predicted octanol–water partition coefficient (Wildman–Crippen LogP) is 2.44. The molecule has 0 saturated carbocycles. The lowest BCUT2D eigenvalue weighted by Crippen LogP contribution is -2.04. The quantitative estimate of drug-likeness (QED) is 0.706. The summed E-state index contributed by atoms with van der Waals surface area (Å²) in [7, 11) is 0. The standard InChI is InChI=1S/C11H18N2O/c1-3-8-14-9-10-6-5-7-13-11(10)12-4-2/h5-7H,3-4,8-9H2,1-2H3,(H,12,13). The Kier molecular flexibility index (Phi) is 5.00. The first-order chi connectivity index (χ1) is 6.88. The van der Waals surface area contributed by atoms with Crippen molar-refractivity contribution in [1.82, 2.24) is 4.98 Å². The summed E-state index contributed by atoms with van der Waals surface area (Å²) >= 11 is 0. The first kappa shape index (κ1) is 11.0. The van der Waals surface area contributed by atoms with Gasteiger partial charge >= 0.3 is 0 Å². The van der Waals surface area contributed by atoms with Gasteiger partial charge in [-0.05, 0) is 19.4 Å². The molecular weight excluding hydrogens is 176 g/mol. The third-order valence-corrected chi connectivity index (χ3v) is 1.84. The first-order valence-corrected chi connectivity index (χ1v) is 5.14. The van der Waals surface area contributed by atoms with Crippen LogP contribution in [0, 0.1) is 0 Å². The van der Waals surface area contributed by atoms with E-state index in [0.717, 1.165) is 31.0 Å². The molecule has 0 saturated heterocycles. The number of hydrogen-bond acceptors (Lipinski definition) is 3. The van der Waals surface area contributed by atoms with Crippen molar-refractivity contribution in [3.63, 3.8) is 0 Å². The Morgan fingerprint density at radius 2 is 2.29 bits per heavy atom. The van der Waals surface area contributed by atoms with Crippen LogP contribution in [0.3, 0.4) is 0 Å². The van der Waals surface area contributed by atoms with Crippen molar-refractivity contribution < 1.29 is 4.74 Å². The molecule has 3 heteroatoms. The van der Waals surface area contributed by atoms with Crippen LogP contribution in [0.4, 0.5) is 5.82 Å². The highest BCUT2D eigenvalue weighted by Crippen LogP contribution is 2.12. The van der Waals surface area contributed by atoms with E-state index in [9.17, 15) is 0 Å². The largest absolute Gasteiger partial charge is 0.377 e. The van der Waals surface area contributed by atoms with E-state index in [0.29, 0.717) is 6.61 Å². The lowest BCUT2D eigenvalue weighted by Gasteiger charge is -2.09. The number of nitrogens with one attached hydrogen (secondary N) is 1. The van der Waals surface area contributed by atoms with E-state index < -0.39 is 0 Å². The number of aromatic nitrogens is 1. The van der Waals surface area contributed by atoms with Crippen molar-refractivity contribution in [2.75, 3.05) is 18.5 Å². The maximum Gasteiger partial charge on any atom is 0.131 e. The topological polar surface area (TPSA) is 34.1 Å². The molecule has 0 fully saturated rings. The Morgan fingerprint density at radius 3 is 3.00 bits per heavy atom. The summed E-state index contributed by atoms with van der Waals surface area (Å²) < 4.78 is 5.48. The molecule has 0 unspecified atom stereocenters. The number of hydrogen-bond donors (Lipinski definition) is 1. The van der Waals surface area contributed by atoms with Crippen LogP contribution >= 0.6 is 0 Å². The molecule has 1 aromatic heterocycles. The Hall–Kier alpha value is -1.09. The summed E-state index contributed by atoms with van der Waals surface area (Å²) in [6.45, 7) is 6.50. The number of rotatable bonds is 6. The van der Waals surface area contributed by atoms with Gasteiger partial charge in [-0.15, -0.1) is 0 Å². The summed E-state index contributed by atoms with van der Waals surface area (Å²) in [6, 6.07) is 3.98. The maximum atomic E-state index is 5.48. The third-order valence-electron chi connectivity index (χ3n) is 1.84. The van der Waals surface area contributed by atoms with Crippen molar-refractivity contribution >= 4 is 5.82 Å². The Morgan fingerprint density at radius 1 is 1.43 bits per heavy atom. The predicted molar refractivity (Wildman–Crippen MR) is 58.3 cm³/mol. The fraction of sp³-hybridized carbons (Fsp3) is 0.545. The molecule has 0 spiro atoms. The minimum Gasteiger partial charge on any atom is -0.377 e. The van der Waals surface area contributed by atoms with E-state index in [1.807, 2.05) is 12.1 Å². The fourth-order valence-corrected chi connectivity index (χ4v) is 1.21. The molecule has 3 nitrogen and oxygen atoms in total. The van der Waals surface area contributed by atoms with Gasteiger partial charge < -0.3 is 10.1 Å². The number of ether oxygens (including phenoxy) is 1. The Bertz CT molecular complexity index is 263. The van der Waals surface area contributed by atoms with Crippen LogP contribution in [0.15, 0.2) is 18.3 Å². The second-order valence-electron chi connectivity index (χ2n) is 3.09. The number of pyridine rings is 1. The lowest BCUT2D eigenvalue weighted by atomic mass is 10.2. The highest BCUT2D eigenvalue weighted by atomic mass is 16.5. The molecule has 0 aliphatic heterocycles. The fourth-order valence-electron chi connectivity index (χ4n) is 1.21. The van der Waals surface area contributed by atoms with E-state index >= 15 is 0 Å². The molecule has 78 valence electrons. The van der Waals surface area contributed by atoms with Crippen LogP contribution in [0.25, 0.3) is 0 Å². The second-order valence-corrected chi connectivity index (χ2v) is 3.09. The average molecular weight is 194 g/mol. The van der Waals surface area contributed by atoms with Crippen LogP contribution in [-0.2, 0) is 11.3 Å². The molecule has 1 rings (SSSR count). The van der Waals surface area contributed by atoms with Gasteiger partial charge in [-0.3, -0.25) is 0 Å². The SMILES string of the molecule is CCCOCc1cccnc1NCC. The Labute approximate surface area is 85.5 Å². The first-order valence-electron chi connectivity index (χ1n) is 5.14. The molecule has 0 aromatic carbocycles. The Balaban J connectivity index is 2.55. The van der Waals surface area contributed by atoms with Gasteiger partial charge in [0, 0.05) is 24.9 Å². The molecular formula is C11H18N2O. The second kappa shape index (κ2) is 6.38. The van der Waals surface area contributed by atoms with E-state index in [2.05, 4.69) is 24.1 Å². The van der Waals surface area contributed by atoms with Crippen LogP contribution in [-0.4, -0.2) is 18.1 Å². The van der Waals surface area contributed by atoms with Gasteiger partial charge in [0.15, 0.2) is 0 Å². The highest BCUT2D eigenvalue weighted by Gasteiger charge is 2.00. The smallest absolute Gasteiger partial charge is 0.131 e. The molecule has 1 N–H and O–H groups in total. The van der Waals surface area contributed by atoms with E-state index in [-0.39, 0.29) is 0 Å². The van der Waals surface area contributed by atoms with E-state index in [1.54, 1.807) is 6.20 Å². The van der Waals surface area contributed by atoms with E-state index in [4.69, 9.17) is 4.74 Å². The summed E-state index contributed by atoms with van der Waals surface area (Å²) in [5.41, 5.74) is 1.13. The zero-order chi connectivity index (χ0) is 10.2. The summed E-state index contributed by atoms with van der Waals surface area (Å²) in [6.07, 6.45) is 2.85. The highest BCUT2D eigenvalue weighted by molar-refractivity contribution is 5.42. The average Bonchev–Trinajstić information content (AvgIpc) is 2.21. The van der Waals surface area contributed by atoms with Gasteiger partial charge in [-0.1, -0.05) is 13.0 Å². The monoisotopic (exact) mass is 194 g/mol. The van der Waals surface area contributed by atoms with Crippen molar-refractivity contribution in [2.45, 2.75) is 26.9 Å². The van der Waals surface area contributed by atoms with Gasteiger partial charge in [0.1, 0.15) is 5.82 Å². The van der Waals surface area contributed by atoms with Crippen LogP contribution in [0.2, 0.25) is 0 Å². The molecule has 0 atom stereocenters. The van der Waals surface area contributed by atoms with Crippen molar-refractivity contribution in [2.24, 2.45) is 0 Å². The minimum atomic E-state index is 0.643. The third kappa shape index (κ3) is 3.34. The molecule has 1 aromatic rings. The molecule has 0 amide bonds. The van der Waals surface area contributed by atoms with Crippen molar-refractivity contribution in [1.29, 1.82) is 0 Å². The van der Waals surface area contributed by atoms with Gasteiger partial charge in [0.2, 0.25) is 0 Å². The van der Waals surface area contributed by atoms with Gasteiger partial charge in [-0.2, -0.15) is 0 Å². The molecule has 0 aliphatic rings. The summed E-state index contributed by atoms with van der Waals surface area (Å²) in [5.74, 6) is 0.936. The molecule has 14 heavy (non-hydrogen) atoms. The van der Waals surface area contributed by atoms with Crippen LogP contribution in [0.5, 0.6) is 0 Å². The molecule has 0 radical (unpaired) electrons. The maximum absolute atomic E-state index is 5.48. The zero-order valence-corrected chi connectivity index (χ0v) is 8.92. The van der Waals surface area contributed by atoms with Gasteiger partial charge in [0.05, 0.1) is 6.61 Å². The van der Waals surface area contributed by atoms with Gasteiger partial charge in [0.25, 0.3) is 0 Å². The lowest BCUT2D eigenvalue weighted by molar-refractivity contribution is 0.121. The van der Waals surface area contributed by atoms with Crippen molar-refractivity contribution in [3.05, 3.63) is 23.9 Å². The van der Waals surface area contributed by atoms with Crippen LogP contribution < -0.4 is 5.32 Å². The van der Waals surface area contributed by atoms with Crippen LogP contribution in [0.1, 0.15) is 25.8 Å². The summed E-state index contributed by atoms with van der Waals surface area (Å²) in [5, 5.41) is 3.21. The normalized spacial score (nSPS) is 10.1. The molecule has 0 bridgehead atoms. The molecule has 1 heterocycles. The summed E-state index contributed by atoms with van der Waals surface area (Å²) in [4.78, 5) is 4.26. The number of anilines is 1. The minimum absolute atomic E-state index is 0.643. The number of nitrogens with zero attached hydrogens (tertiary/aromatic N) is 1. The van der Waals surface area contributed by atoms with Gasteiger partial charge in [-0.25, -0.2) is 4.98 Å². The zero-order valence-electron chi connectivity index (χ0n) is 8.92.